The summed E-state index contributed by atoms with van der Waals surface area (Å²) in [6, 6.07) is 18.6. The van der Waals surface area contributed by atoms with Gasteiger partial charge in [-0.2, -0.15) is 0 Å². The number of fused-ring (bicyclic) bond motifs is 6. The number of hydrogen-bond donors (Lipinski definition) is 0. The maximum atomic E-state index is 14.6. The number of ketones is 4. The zero-order valence-electron chi connectivity index (χ0n) is 36.8. The van der Waals surface area contributed by atoms with Gasteiger partial charge in [0, 0.05) is 39.4 Å². The van der Waals surface area contributed by atoms with Crippen molar-refractivity contribution in [1.29, 1.82) is 0 Å². The van der Waals surface area contributed by atoms with E-state index >= 15 is 0 Å². The van der Waals surface area contributed by atoms with Crippen molar-refractivity contribution in [2.75, 3.05) is 9.80 Å². The van der Waals surface area contributed by atoms with E-state index in [1.807, 2.05) is 0 Å². The highest BCUT2D eigenvalue weighted by molar-refractivity contribution is 6.48. The number of nitrogens with zero attached hydrogens (tertiary/aromatic N) is 4. The van der Waals surface area contributed by atoms with E-state index in [2.05, 4.69) is 0 Å². The normalized spacial score (nSPS) is 15.4. The second-order valence-corrected chi connectivity index (χ2v) is 21.7. The molecule has 0 unspecified atom stereocenters. The first kappa shape index (κ1) is 49.9. The van der Waals surface area contributed by atoms with Crippen molar-refractivity contribution in [2.45, 2.75) is 18.3 Å². The van der Waals surface area contributed by atoms with E-state index < -0.39 is 58.6 Å². The lowest BCUT2D eigenvalue weighted by molar-refractivity contribution is 0.0872. The number of carbonyl (C=O) groups excluding carboxylic acids is 8. The number of carbonyl (C=O) groups is 8. The van der Waals surface area contributed by atoms with Crippen LogP contribution in [-0.2, 0) is 6.42 Å². The minimum Gasteiger partial charge on any atom is -0.293 e. The molecule has 0 radical (unpaired) electrons. The van der Waals surface area contributed by atoms with E-state index in [0.717, 1.165) is 9.80 Å². The number of imide groups is 2. The molecule has 0 N–H and O–H groups in total. The van der Waals surface area contributed by atoms with Crippen molar-refractivity contribution < 1.29 is 38.4 Å². The number of aromatic nitrogens is 2. The summed E-state index contributed by atoms with van der Waals surface area (Å²) in [4.78, 5) is 125. The SMILES string of the molecule is O=C1c2cc(Cl)c(Cl)cc2C(=O)C1c1ccc2c(N3C(=O)c4cc(Cl)c(Cl)cc4C3=O)c(Cc3cc(Cl)c4nc(C5C(=O)c6cc(Cl)c(Cl)cc6C5=O)ccc4c3N3C(=O)c4cc(Cl)c(Cl)cc4C3=O)cc(Cl)c2n1. The zero-order chi connectivity index (χ0) is 53.1. The van der Waals surface area contributed by atoms with Crippen molar-refractivity contribution in [3.05, 3.63) is 202 Å². The number of benzene rings is 6. The maximum Gasteiger partial charge on any atom is 0.266 e. The van der Waals surface area contributed by atoms with Gasteiger partial charge in [0.2, 0.25) is 0 Å². The quantitative estimate of drug-likeness (QED) is 0.115. The van der Waals surface area contributed by atoms with Crippen molar-refractivity contribution in [3.63, 3.8) is 0 Å². The Morgan fingerprint density at radius 2 is 0.587 bits per heavy atom. The number of Topliss-reactive ketones (excluding diaryl/α,β-unsaturated/α-hetero) is 4. The summed E-state index contributed by atoms with van der Waals surface area (Å²) >= 11 is 64.7. The predicted molar refractivity (Wildman–Crippen MR) is 287 cm³/mol. The molecule has 368 valence electrons. The summed E-state index contributed by atoms with van der Waals surface area (Å²) in [6.07, 6.45) is -0.365. The molecule has 4 amide bonds. The lowest BCUT2D eigenvalue weighted by Crippen LogP contribution is -2.32. The Labute approximate surface area is 470 Å². The summed E-state index contributed by atoms with van der Waals surface area (Å²) in [7, 11) is 0. The summed E-state index contributed by atoms with van der Waals surface area (Å²) in [5, 5.41) is 0.136. The molecule has 6 aromatic carbocycles. The van der Waals surface area contributed by atoms with Gasteiger partial charge in [0.05, 0.1) is 106 Å². The molecule has 0 bridgehead atoms. The summed E-state index contributed by atoms with van der Waals surface area (Å²) in [6.45, 7) is 0. The summed E-state index contributed by atoms with van der Waals surface area (Å²) in [5.41, 5.74) is -0.321. The van der Waals surface area contributed by atoms with Gasteiger partial charge >= 0.3 is 0 Å². The molecule has 4 aliphatic rings. The van der Waals surface area contributed by atoms with Crippen LogP contribution in [0.3, 0.4) is 0 Å². The highest BCUT2D eigenvalue weighted by atomic mass is 35.5. The van der Waals surface area contributed by atoms with Crippen LogP contribution in [0.5, 0.6) is 0 Å². The Kier molecular flexibility index (Phi) is 11.8. The third kappa shape index (κ3) is 7.41. The third-order valence-corrected chi connectivity index (χ3v) is 17.0. The average molecular weight is 1190 g/mol. The van der Waals surface area contributed by atoms with Crippen LogP contribution in [0.4, 0.5) is 11.4 Å². The third-order valence-electron chi connectivity index (χ3n) is 13.5. The first-order chi connectivity index (χ1) is 35.6. The van der Waals surface area contributed by atoms with Crippen molar-refractivity contribution >= 4 is 196 Å². The van der Waals surface area contributed by atoms with Gasteiger partial charge in [-0.05, 0) is 96.1 Å². The molecular formula is C53H18Cl10N4O8. The van der Waals surface area contributed by atoms with Gasteiger partial charge in [-0.25, -0.2) is 19.8 Å². The molecule has 4 heterocycles. The molecule has 12 rings (SSSR count). The molecule has 2 aromatic heterocycles. The highest BCUT2D eigenvalue weighted by Crippen LogP contribution is 2.48. The van der Waals surface area contributed by atoms with E-state index in [0.29, 0.717) is 0 Å². The van der Waals surface area contributed by atoms with E-state index in [1.54, 1.807) is 0 Å². The van der Waals surface area contributed by atoms with Crippen molar-refractivity contribution in [3.8, 4) is 0 Å². The topological polar surface area (TPSA) is 169 Å². The number of halogens is 10. The molecule has 12 nitrogen and oxygen atoms in total. The van der Waals surface area contributed by atoms with E-state index in [1.165, 1.54) is 84.9 Å². The molecule has 75 heavy (non-hydrogen) atoms. The van der Waals surface area contributed by atoms with E-state index in [4.69, 9.17) is 126 Å². The molecule has 8 aromatic rings. The molecular weight excluding hydrogens is 1180 g/mol. The number of amides is 4. The smallest absolute Gasteiger partial charge is 0.266 e. The highest BCUT2D eigenvalue weighted by Gasteiger charge is 2.46. The summed E-state index contributed by atoms with van der Waals surface area (Å²) < 4.78 is 0. The first-order valence-corrected chi connectivity index (χ1v) is 25.6. The number of rotatable bonds is 6. The average Bonchev–Trinajstić information content (AvgIpc) is 3.95. The number of anilines is 2. The lowest BCUT2D eigenvalue weighted by Gasteiger charge is -2.25. The van der Waals surface area contributed by atoms with Gasteiger partial charge in [-0.1, -0.05) is 116 Å². The Bertz CT molecular complexity index is 3790. The standard InChI is InChI=1S/C53H18Cl10N4O8/c54-28-8-20-21(9-29(28)55)47(69)40(46(20)68)38-3-1-18-42(64-38)36(62)6-16(44(18)66-50(72)24-12-32(58)33(59)13-25(24)51(66)73)5-17-7-37(63)43-19(45(17)67-52(74)26-14-34(60)35(61)15-27(26)53(67)75)2-4-39(65-43)41-48(70)22-10-30(56)31(57)11-23(22)49(41)71/h1-4,6-15,40-41H,5H2. The molecule has 0 saturated heterocycles. The Balaban J connectivity index is 1.06. The molecule has 2 aliphatic heterocycles. The second-order valence-electron chi connectivity index (χ2n) is 17.6. The lowest BCUT2D eigenvalue weighted by atomic mass is 9.93. The van der Waals surface area contributed by atoms with Gasteiger partial charge in [0.1, 0.15) is 11.8 Å². The van der Waals surface area contributed by atoms with Crippen molar-refractivity contribution in [1.82, 2.24) is 9.97 Å². The number of hydrogen-bond acceptors (Lipinski definition) is 10. The molecule has 0 saturated carbocycles. The first-order valence-electron chi connectivity index (χ1n) is 21.8. The van der Waals surface area contributed by atoms with E-state index in [-0.39, 0.29) is 157 Å². The fraction of sp³-hybridized carbons (Fsp3) is 0.0566. The van der Waals surface area contributed by atoms with Crippen molar-refractivity contribution in [2.24, 2.45) is 0 Å². The largest absolute Gasteiger partial charge is 0.293 e. The van der Waals surface area contributed by atoms with Crippen LogP contribution in [0.25, 0.3) is 21.8 Å². The van der Waals surface area contributed by atoms with Crippen LogP contribution in [0.15, 0.2) is 84.9 Å². The zero-order valence-corrected chi connectivity index (χ0v) is 44.3. The molecule has 0 atom stereocenters. The van der Waals surface area contributed by atoms with Crippen LogP contribution < -0.4 is 9.80 Å². The van der Waals surface area contributed by atoms with Crippen LogP contribution in [0, 0.1) is 0 Å². The molecule has 22 heteroatoms. The Morgan fingerprint density at radius 1 is 0.333 bits per heavy atom. The monoisotopic (exact) mass is 1190 g/mol. The van der Waals surface area contributed by atoms with Gasteiger partial charge in [-0.3, -0.25) is 38.4 Å². The maximum absolute atomic E-state index is 14.6. The second kappa shape index (κ2) is 17.8. The fourth-order valence-electron chi connectivity index (χ4n) is 10.1. The van der Waals surface area contributed by atoms with E-state index in [9.17, 15) is 38.4 Å². The van der Waals surface area contributed by atoms with Crippen LogP contribution in [-0.4, -0.2) is 56.7 Å². The summed E-state index contributed by atoms with van der Waals surface area (Å²) in [5.74, 6) is -8.66. The molecule has 0 spiro atoms. The van der Waals surface area contributed by atoms with Crippen LogP contribution >= 0.6 is 116 Å². The van der Waals surface area contributed by atoms with Gasteiger partial charge in [-0.15, -0.1) is 0 Å². The Hall–Kier alpha value is -6.00. The van der Waals surface area contributed by atoms with Gasteiger partial charge in [0.25, 0.3) is 23.6 Å². The Morgan fingerprint density at radius 3 is 0.853 bits per heavy atom. The van der Waals surface area contributed by atoms with Crippen LogP contribution in [0.1, 0.15) is 117 Å². The fourth-order valence-corrected chi connectivity index (χ4v) is 12.0. The van der Waals surface area contributed by atoms with Gasteiger partial charge < -0.3 is 0 Å². The minimum absolute atomic E-state index is 0.0175. The molecule has 2 aliphatic carbocycles. The predicted octanol–water partition coefficient (Wildman–Crippen LogP) is 14.8. The number of pyridine rings is 2. The van der Waals surface area contributed by atoms with Crippen LogP contribution in [0.2, 0.25) is 50.2 Å². The van der Waals surface area contributed by atoms with Gasteiger partial charge in [0.15, 0.2) is 23.1 Å². The minimum atomic E-state index is -1.44. The molecule has 0 fully saturated rings.